The zero-order valence-corrected chi connectivity index (χ0v) is 13.6. The molecule has 0 fully saturated rings. The first-order valence-corrected chi connectivity index (χ1v) is 8.64. The summed E-state index contributed by atoms with van der Waals surface area (Å²) in [4.78, 5) is 2.13. The van der Waals surface area contributed by atoms with Gasteiger partial charge < -0.3 is 5.43 Å². The molecule has 0 aliphatic carbocycles. The predicted octanol–water partition coefficient (Wildman–Crippen LogP) is 3.78. The van der Waals surface area contributed by atoms with Crippen LogP contribution >= 0.6 is 0 Å². The summed E-state index contributed by atoms with van der Waals surface area (Å²) in [6, 6.07) is 9.29. The van der Waals surface area contributed by atoms with Crippen molar-refractivity contribution in [2.75, 3.05) is 5.43 Å². The highest BCUT2D eigenvalue weighted by molar-refractivity contribution is 7.89. The number of hydrazine groups is 1. The molecule has 0 aliphatic heterocycles. The van der Waals surface area contributed by atoms with Gasteiger partial charge in [-0.25, -0.2) is 17.2 Å². The van der Waals surface area contributed by atoms with Gasteiger partial charge in [0.25, 0.3) is 10.0 Å². The third-order valence-corrected chi connectivity index (χ3v) is 4.89. The maximum Gasteiger partial charge on any atom is 0.257 e. The number of halogens is 2. The molecule has 0 spiro atoms. The van der Waals surface area contributed by atoms with E-state index in [0.717, 1.165) is 24.1 Å². The van der Waals surface area contributed by atoms with Crippen molar-refractivity contribution in [2.24, 2.45) is 0 Å². The summed E-state index contributed by atoms with van der Waals surface area (Å²) in [5.41, 5.74) is 3.13. The van der Waals surface area contributed by atoms with Crippen molar-refractivity contribution in [1.82, 2.24) is 4.83 Å². The molecule has 0 saturated heterocycles. The Bertz CT molecular complexity index is 777. The summed E-state index contributed by atoms with van der Waals surface area (Å²) in [6.07, 6.45) is 0.954. The van der Waals surface area contributed by atoms with Gasteiger partial charge in [0.2, 0.25) is 0 Å². The van der Waals surface area contributed by atoms with E-state index in [-0.39, 0.29) is 10.6 Å². The number of hydrogen-bond acceptors (Lipinski definition) is 3. The maximum absolute atomic E-state index is 13.5. The van der Waals surface area contributed by atoms with Crippen molar-refractivity contribution in [2.45, 2.75) is 31.1 Å². The van der Waals surface area contributed by atoms with Crippen molar-refractivity contribution in [3.05, 3.63) is 59.7 Å². The summed E-state index contributed by atoms with van der Waals surface area (Å²) in [6.45, 7) is 4.11. The summed E-state index contributed by atoms with van der Waals surface area (Å²) >= 11 is 0. The molecule has 2 aromatic carbocycles. The van der Waals surface area contributed by atoms with Crippen molar-refractivity contribution < 1.29 is 17.2 Å². The lowest BCUT2D eigenvalue weighted by Crippen LogP contribution is -2.30. The lowest BCUT2D eigenvalue weighted by molar-refractivity contribution is 0.580. The van der Waals surface area contributed by atoms with Crippen LogP contribution in [0, 0.1) is 11.6 Å². The molecule has 1 atom stereocenters. The molecule has 2 rings (SSSR count). The number of nitrogens with one attached hydrogen (secondary N) is 2. The molecule has 2 aromatic rings. The number of sulfonamides is 1. The quantitative estimate of drug-likeness (QED) is 0.787. The van der Waals surface area contributed by atoms with E-state index in [1.807, 2.05) is 0 Å². The first-order chi connectivity index (χ1) is 10.8. The summed E-state index contributed by atoms with van der Waals surface area (Å²) in [5.74, 6) is -1.29. The monoisotopic (exact) mass is 340 g/mol. The fourth-order valence-corrected chi connectivity index (χ4v) is 2.84. The largest absolute Gasteiger partial charge is 0.305 e. The molecule has 124 valence electrons. The minimum absolute atomic E-state index is 0.0552. The van der Waals surface area contributed by atoms with E-state index in [0.29, 0.717) is 12.0 Å². The summed E-state index contributed by atoms with van der Waals surface area (Å²) in [7, 11) is -3.86. The van der Waals surface area contributed by atoms with Gasteiger partial charge in [0.05, 0.1) is 10.6 Å². The van der Waals surface area contributed by atoms with Crippen molar-refractivity contribution in [3.63, 3.8) is 0 Å². The second kappa shape index (κ2) is 7.06. The van der Waals surface area contributed by atoms with Crippen molar-refractivity contribution >= 4 is 15.7 Å². The molecule has 7 heteroatoms. The molecule has 0 amide bonds. The Morgan fingerprint density at radius 1 is 1.09 bits per heavy atom. The van der Waals surface area contributed by atoms with Crippen LogP contribution in [-0.2, 0) is 10.0 Å². The summed E-state index contributed by atoms with van der Waals surface area (Å²) < 4.78 is 50.6. The highest BCUT2D eigenvalue weighted by Gasteiger charge is 2.15. The second-order valence-electron chi connectivity index (χ2n) is 5.23. The van der Waals surface area contributed by atoms with Crippen LogP contribution in [0.4, 0.5) is 14.5 Å². The smallest absolute Gasteiger partial charge is 0.257 e. The van der Waals surface area contributed by atoms with E-state index in [2.05, 4.69) is 24.1 Å². The number of hydrogen-bond donors (Lipinski definition) is 2. The van der Waals surface area contributed by atoms with Gasteiger partial charge in [-0.05, 0) is 42.2 Å². The first-order valence-electron chi connectivity index (χ1n) is 7.16. The Kier molecular flexibility index (Phi) is 5.33. The highest BCUT2D eigenvalue weighted by Crippen LogP contribution is 2.20. The zero-order valence-electron chi connectivity index (χ0n) is 12.8. The average Bonchev–Trinajstić information content (AvgIpc) is 2.53. The topological polar surface area (TPSA) is 58.2 Å². The van der Waals surface area contributed by atoms with Crippen LogP contribution in [0.1, 0.15) is 31.7 Å². The molecule has 4 nitrogen and oxygen atoms in total. The average molecular weight is 340 g/mol. The maximum atomic E-state index is 13.5. The minimum Gasteiger partial charge on any atom is -0.305 e. The Balaban J connectivity index is 2.12. The molecular formula is C16H18F2N2O2S. The Labute approximate surface area is 134 Å². The molecule has 0 heterocycles. The third kappa shape index (κ3) is 4.27. The van der Waals surface area contributed by atoms with Crippen LogP contribution in [0.3, 0.4) is 0 Å². The minimum atomic E-state index is -3.86. The molecule has 0 radical (unpaired) electrons. The van der Waals surface area contributed by atoms with Crippen LogP contribution in [0.5, 0.6) is 0 Å². The normalized spacial score (nSPS) is 12.9. The SMILES string of the molecule is CC[C@H](C)c1ccc(S(=O)(=O)NNc2ccc(F)cc2F)cc1. The van der Waals surface area contributed by atoms with Gasteiger partial charge in [-0.3, -0.25) is 0 Å². The van der Waals surface area contributed by atoms with Gasteiger partial charge in [-0.2, -0.15) is 0 Å². The van der Waals surface area contributed by atoms with Crippen LogP contribution in [0.2, 0.25) is 0 Å². The van der Waals surface area contributed by atoms with Gasteiger partial charge in [0.15, 0.2) is 5.82 Å². The van der Waals surface area contributed by atoms with E-state index in [4.69, 9.17) is 0 Å². The molecule has 0 unspecified atom stereocenters. The molecule has 0 aromatic heterocycles. The third-order valence-electron chi connectivity index (χ3n) is 3.62. The highest BCUT2D eigenvalue weighted by atomic mass is 32.2. The lowest BCUT2D eigenvalue weighted by Gasteiger charge is -2.12. The standard InChI is InChI=1S/C16H18F2N2O2S/c1-3-11(2)12-4-7-14(8-5-12)23(21,22)20-19-16-9-6-13(17)10-15(16)18/h4-11,19-20H,3H2,1-2H3/t11-/m0/s1. The Hall–Kier alpha value is -1.99. The van der Waals surface area contributed by atoms with Gasteiger partial charge in [-0.15, -0.1) is 4.83 Å². The van der Waals surface area contributed by atoms with Gasteiger partial charge in [0, 0.05) is 6.07 Å². The van der Waals surface area contributed by atoms with Crippen LogP contribution in [0.15, 0.2) is 47.4 Å². The van der Waals surface area contributed by atoms with E-state index in [1.165, 1.54) is 12.1 Å². The van der Waals surface area contributed by atoms with Crippen molar-refractivity contribution in [1.29, 1.82) is 0 Å². The number of anilines is 1. The van der Waals surface area contributed by atoms with E-state index in [9.17, 15) is 17.2 Å². The second-order valence-corrected chi connectivity index (χ2v) is 6.92. The van der Waals surface area contributed by atoms with E-state index in [1.54, 1.807) is 12.1 Å². The molecule has 2 N–H and O–H groups in total. The molecule has 23 heavy (non-hydrogen) atoms. The molecular weight excluding hydrogens is 322 g/mol. The van der Waals surface area contributed by atoms with Gasteiger partial charge >= 0.3 is 0 Å². The fourth-order valence-electron chi connectivity index (χ4n) is 1.98. The predicted molar refractivity (Wildman–Crippen MR) is 85.5 cm³/mol. The van der Waals surface area contributed by atoms with Gasteiger partial charge in [0.1, 0.15) is 5.82 Å². The van der Waals surface area contributed by atoms with E-state index < -0.39 is 21.7 Å². The summed E-state index contributed by atoms with van der Waals surface area (Å²) in [5, 5.41) is 0. The fraction of sp³-hybridized carbons (Fsp3) is 0.250. The van der Waals surface area contributed by atoms with Crippen LogP contribution < -0.4 is 10.3 Å². The Morgan fingerprint density at radius 3 is 2.30 bits per heavy atom. The van der Waals surface area contributed by atoms with Crippen LogP contribution in [0.25, 0.3) is 0 Å². The van der Waals surface area contributed by atoms with E-state index >= 15 is 0 Å². The molecule has 0 saturated carbocycles. The lowest BCUT2D eigenvalue weighted by atomic mass is 9.99. The van der Waals surface area contributed by atoms with Crippen molar-refractivity contribution in [3.8, 4) is 0 Å². The molecule has 0 bridgehead atoms. The van der Waals surface area contributed by atoms with Crippen LogP contribution in [-0.4, -0.2) is 8.42 Å². The number of rotatable bonds is 6. The number of benzene rings is 2. The van der Waals surface area contributed by atoms with Gasteiger partial charge in [-0.1, -0.05) is 26.0 Å². The zero-order chi connectivity index (χ0) is 17.0. The first kappa shape index (κ1) is 17.4. The Morgan fingerprint density at radius 2 is 1.74 bits per heavy atom. The molecule has 0 aliphatic rings.